The lowest BCUT2D eigenvalue weighted by molar-refractivity contribution is -0.121. The standard InChI is InChI=1S/C12H14N2O3/c1-8(7-15)13-12(16)6-10-9-4-2-3-5-11(9)17-14-10/h2-5,8,15H,6-7H2,1H3,(H,13,16)/t8-/m0/s1. The highest BCUT2D eigenvalue weighted by Gasteiger charge is 2.13. The number of rotatable bonds is 4. The van der Waals surface area contributed by atoms with Crippen molar-refractivity contribution in [1.82, 2.24) is 10.5 Å². The number of aliphatic hydroxyl groups is 1. The molecule has 0 fully saturated rings. The third-order valence-electron chi connectivity index (χ3n) is 2.46. The van der Waals surface area contributed by atoms with Gasteiger partial charge in [-0.05, 0) is 19.1 Å². The topological polar surface area (TPSA) is 75.4 Å². The molecule has 1 heterocycles. The van der Waals surface area contributed by atoms with Crippen molar-refractivity contribution in [3.8, 4) is 0 Å². The van der Waals surface area contributed by atoms with Crippen LogP contribution in [0.4, 0.5) is 0 Å². The maximum absolute atomic E-state index is 11.6. The van der Waals surface area contributed by atoms with Crippen molar-refractivity contribution < 1.29 is 14.4 Å². The summed E-state index contributed by atoms with van der Waals surface area (Å²) >= 11 is 0. The lowest BCUT2D eigenvalue weighted by Crippen LogP contribution is -2.36. The van der Waals surface area contributed by atoms with Gasteiger partial charge >= 0.3 is 0 Å². The number of carbonyl (C=O) groups is 1. The third-order valence-corrected chi connectivity index (χ3v) is 2.46. The van der Waals surface area contributed by atoms with Gasteiger partial charge in [-0.25, -0.2) is 0 Å². The number of aromatic nitrogens is 1. The minimum Gasteiger partial charge on any atom is -0.394 e. The van der Waals surface area contributed by atoms with Crippen LogP contribution in [0.3, 0.4) is 0 Å². The molecule has 2 aromatic rings. The molecule has 0 saturated heterocycles. The molecule has 0 spiro atoms. The summed E-state index contributed by atoms with van der Waals surface area (Å²) < 4.78 is 5.10. The van der Waals surface area contributed by atoms with Crippen LogP contribution in [0.1, 0.15) is 12.6 Å². The van der Waals surface area contributed by atoms with Crippen molar-refractivity contribution in [2.45, 2.75) is 19.4 Å². The lowest BCUT2D eigenvalue weighted by Gasteiger charge is -2.09. The van der Waals surface area contributed by atoms with E-state index in [4.69, 9.17) is 9.63 Å². The first kappa shape index (κ1) is 11.6. The van der Waals surface area contributed by atoms with Crippen molar-refractivity contribution in [3.63, 3.8) is 0 Å². The summed E-state index contributed by atoms with van der Waals surface area (Å²) in [6.07, 6.45) is 0.154. The van der Waals surface area contributed by atoms with Gasteiger partial charge < -0.3 is 14.9 Å². The molecule has 0 radical (unpaired) electrons. The van der Waals surface area contributed by atoms with Gasteiger partial charge in [-0.1, -0.05) is 17.3 Å². The van der Waals surface area contributed by atoms with E-state index in [1.54, 1.807) is 13.0 Å². The highest BCUT2D eigenvalue weighted by molar-refractivity contribution is 5.86. The summed E-state index contributed by atoms with van der Waals surface area (Å²) in [4.78, 5) is 11.6. The number of nitrogens with one attached hydrogen (secondary N) is 1. The molecule has 1 atom stereocenters. The number of hydrogen-bond donors (Lipinski definition) is 2. The zero-order chi connectivity index (χ0) is 12.3. The van der Waals surface area contributed by atoms with Crippen LogP contribution in [-0.2, 0) is 11.2 Å². The Balaban J connectivity index is 2.11. The second kappa shape index (κ2) is 4.97. The van der Waals surface area contributed by atoms with Crippen LogP contribution >= 0.6 is 0 Å². The molecule has 0 aliphatic rings. The van der Waals surface area contributed by atoms with Crippen molar-refractivity contribution in [2.75, 3.05) is 6.61 Å². The van der Waals surface area contributed by atoms with Crippen molar-refractivity contribution in [3.05, 3.63) is 30.0 Å². The van der Waals surface area contributed by atoms with Gasteiger partial charge in [0.2, 0.25) is 5.91 Å². The fourth-order valence-electron chi connectivity index (χ4n) is 1.59. The Labute approximate surface area is 98.4 Å². The summed E-state index contributed by atoms with van der Waals surface area (Å²) in [5, 5.41) is 16.2. The van der Waals surface area contributed by atoms with Gasteiger partial charge in [-0.2, -0.15) is 0 Å². The molecule has 5 nitrogen and oxygen atoms in total. The van der Waals surface area contributed by atoms with Crippen molar-refractivity contribution >= 4 is 16.9 Å². The lowest BCUT2D eigenvalue weighted by atomic mass is 10.1. The van der Waals surface area contributed by atoms with Gasteiger partial charge in [0.25, 0.3) is 0 Å². The number of benzene rings is 1. The van der Waals surface area contributed by atoms with E-state index in [1.165, 1.54) is 0 Å². The number of carbonyl (C=O) groups excluding carboxylic acids is 1. The molecule has 2 N–H and O–H groups in total. The van der Waals surface area contributed by atoms with Crippen molar-refractivity contribution in [1.29, 1.82) is 0 Å². The van der Waals surface area contributed by atoms with E-state index >= 15 is 0 Å². The van der Waals surface area contributed by atoms with Gasteiger partial charge in [0.1, 0.15) is 5.69 Å². The fourth-order valence-corrected chi connectivity index (χ4v) is 1.59. The highest BCUT2D eigenvalue weighted by Crippen LogP contribution is 2.17. The zero-order valence-corrected chi connectivity index (χ0v) is 9.51. The average Bonchev–Trinajstić information content (AvgIpc) is 2.72. The molecule has 0 saturated carbocycles. The van der Waals surface area contributed by atoms with E-state index in [0.717, 1.165) is 5.39 Å². The first-order valence-electron chi connectivity index (χ1n) is 5.44. The third kappa shape index (κ3) is 2.62. The monoisotopic (exact) mass is 234 g/mol. The number of para-hydroxylation sites is 1. The van der Waals surface area contributed by atoms with E-state index < -0.39 is 0 Å². The van der Waals surface area contributed by atoms with Gasteiger partial charge in [0, 0.05) is 11.4 Å². The number of aliphatic hydroxyl groups excluding tert-OH is 1. The van der Waals surface area contributed by atoms with E-state index in [1.807, 2.05) is 18.2 Å². The zero-order valence-electron chi connectivity index (χ0n) is 9.51. The first-order valence-corrected chi connectivity index (χ1v) is 5.44. The molecule has 1 aromatic heterocycles. The van der Waals surface area contributed by atoms with Crippen LogP contribution in [0, 0.1) is 0 Å². The summed E-state index contributed by atoms with van der Waals surface area (Å²) in [7, 11) is 0. The molecule has 5 heteroatoms. The van der Waals surface area contributed by atoms with Gasteiger partial charge in [-0.15, -0.1) is 0 Å². The highest BCUT2D eigenvalue weighted by atomic mass is 16.5. The molecular formula is C12H14N2O3. The summed E-state index contributed by atoms with van der Waals surface area (Å²) in [6, 6.07) is 7.15. The van der Waals surface area contributed by atoms with Crippen LogP contribution in [-0.4, -0.2) is 28.8 Å². The molecule has 17 heavy (non-hydrogen) atoms. The summed E-state index contributed by atoms with van der Waals surface area (Å²) in [5.41, 5.74) is 1.29. The normalized spacial score (nSPS) is 12.6. The van der Waals surface area contributed by atoms with E-state index in [-0.39, 0.29) is 25.0 Å². The minimum absolute atomic E-state index is 0.0781. The Hall–Kier alpha value is -1.88. The average molecular weight is 234 g/mol. The van der Waals surface area contributed by atoms with Crippen LogP contribution in [0.5, 0.6) is 0 Å². The quantitative estimate of drug-likeness (QED) is 0.823. The van der Waals surface area contributed by atoms with Gasteiger partial charge in [-0.3, -0.25) is 4.79 Å². The molecule has 0 aliphatic heterocycles. The molecule has 1 aromatic carbocycles. The van der Waals surface area contributed by atoms with Gasteiger partial charge in [0.15, 0.2) is 5.58 Å². The van der Waals surface area contributed by atoms with Crippen LogP contribution in [0.15, 0.2) is 28.8 Å². The Morgan fingerprint density at radius 3 is 3.06 bits per heavy atom. The molecule has 90 valence electrons. The summed E-state index contributed by atoms with van der Waals surface area (Å²) in [5.74, 6) is -0.175. The largest absolute Gasteiger partial charge is 0.394 e. The van der Waals surface area contributed by atoms with E-state index in [0.29, 0.717) is 11.3 Å². The maximum atomic E-state index is 11.6. The van der Waals surface area contributed by atoms with Crippen molar-refractivity contribution in [2.24, 2.45) is 0 Å². The maximum Gasteiger partial charge on any atom is 0.226 e. The van der Waals surface area contributed by atoms with E-state index in [9.17, 15) is 4.79 Å². The Morgan fingerprint density at radius 1 is 1.53 bits per heavy atom. The number of nitrogens with zero attached hydrogens (tertiary/aromatic N) is 1. The molecule has 0 bridgehead atoms. The second-order valence-electron chi connectivity index (χ2n) is 3.95. The summed E-state index contributed by atoms with van der Waals surface area (Å²) in [6.45, 7) is 1.66. The predicted molar refractivity (Wildman–Crippen MR) is 62.4 cm³/mol. The minimum atomic E-state index is -0.249. The molecule has 0 unspecified atom stereocenters. The van der Waals surface area contributed by atoms with Crippen LogP contribution in [0.25, 0.3) is 11.0 Å². The first-order chi connectivity index (χ1) is 8.20. The number of fused-ring (bicyclic) bond motifs is 1. The predicted octanol–water partition coefficient (Wildman–Crippen LogP) is 0.867. The molecule has 2 rings (SSSR count). The number of hydrogen-bond acceptors (Lipinski definition) is 4. The SMILES string of the molecule is C[C@@H](CO)NC(=O)Cc1noc2ccccc12. The van der Waals surface area contributed by atoms with E-state index in [2.05, 4.69) is 10.5 Å². The Bertz CT molecular complexity index is 521. The van der Waals surface area contributed by atoms with Crippen LogP contribution < -0.4 is 5.32 Å². The number of amides is 1. The second-order valence-corrected chi connectivity index (χ2v) is 3.95. The Morgan fingerprint density at radius 2 is 2.29 bits per heavy atom. The Kier molecular flexibility index (Phi) is 3.39. The molecule has 1 amide bonds. The smallest absolute Gasteiger partial charge is 0.226 e. The van der Waals surface area contributed by atoms with Gasteiger partial charge in [0.05, 0.1) is 13.0 Å². The molecule has 0 aliphatic carbocycles. The van der Waals surface area contributed by atoms with Crippen LogP contribution in [0.2, 0.25) is 0 Å². The fraction of sp³-hybridized carbons (Fsp3) is 0.333. The molecular weight excluding hydrogens is 220 g/mol.